The molecule has 0 fully saturated rings. The Hall–Kier alpha value is 0.203. The summed E-state index contributed by atoms with van der Waals surface area (Å²) >= 11 is -1.89. The van der Waals surface area contributed by atoms with Crippen LogP contribution in [0.5, 0.6) is 0 Å². The molecule has 0 spiro atoms. The zero-order valence-electron chi connectivity index (χ0n) is 11.1. The molecule has 0 aliphatic carbocycles. The van der Waals surface area contributed by atoms with Crippen LogP contribution in [0.1, 0.15) is 27.2 Å². The molecule has 1 atom stereocenters. The molecule has 0 heterocycles. The van der Waals surface area contributed by atoms with Gasteiger partial charge in [-0.05, 0) is 0 Å². The van der Waals surface area contributed by atoms with E-state index in [4.69, 9.17) is 5.11 Å². The third-order valence-electron chi connectivity index (χ3n) is 3.92. The molecule has 0 saturated carbocycles. The van der Waals surface area contributed by atoms with Crippen molar-refractivity contribution >= 4 is 26.6 Å². The van der Waals surface area contributed by atoms with Crippen LogP contribution in [0.3, 0.4) is 0 Å². The van der Waals surface area contributed by atoms with E-state index in [0.717, 1.165) is 5.25 Å². The fraction of sp³-hybridized carbons (Fsp3) is 0.909. The molecule has 0 radical (unpaired) electrons. The summed E-state index contributed by atoms with van der Waals surface area (Å²) in [5.74, 6) is -0.992. The van der Waals surface area contributed by atoms with Crippen molar-refractivity contribution in [1.82, 2.24) is 0 Å². The molecule has 0 aliphatic heterocycles. The van der Waals surface area contributed by atoms with E-state index in [1.54, 1.807) is 0 Å². The molecule has 0 rings (SSSR count). The van der Waals surface area contributed by atoms with Crippen molar-refractivity contribution in [3.05, 3.63) is 0 Å². The predicted octanol–water partition coefficient (Wildman–Crippen LogP) is 3.24. The Kier molecular flexibility index (Phi) is 7.69. The van der Waals surface area contributed by atoms with E-state index in [1.807, 2.05) is 0 Å². The van der Waals surface area contributed by atoms with Crippen molar-refractivity contribution < 1.29 is 19.4 Å². The first kappa shape index (κ1) is 17.2. The molecule has 0 aromatic heterocycles. The van der Waals surface area contributed by atoms with Crippen molar-refractivity contribution in [3.63, 3.8) is 0 Å². The van der Waals surface area contributed by atoms with Gasteiger partial charge in [-0.25, -0.2) is 0 Å². The van der Waals surface area contributed by atoms with Gasteiger partial charge in [-0.15, -0.1) is 0 Å². The summed E-state index contributed by atoms with van der Waals surface area (Å²) in [4.78, 5) is 20.1. The second-order valence-electron chi connectivity index (χ2n) is 4.75. The fourth-order valence-corrected chi connectivity index (χ4v) is 14.2. The molecule has 0 amide bonds. The summed E-state index contributed by atoms with van der Waals surface area (Å²) in [5, 5.41) is 13.0. The number of carbonyl (C=O) groups is 1. The van der Waals surface area contributed by atoms with Gasteiger partial charge in [-0.2, -0.15) is 0 Å². The predicted molar refractivity (Wildman–Crippen MR) is 73.8 cm³/mol. The van der Waals surface area contributed by atoms with Crippen LogP contribution in [-0.4, -0.2) is 41.6 Å². The van der Waals surface area contributed by atoms with Gasteiger partial charge in [0.05, 0.1) is 0 Å². The van der Waals surface area contributed by atoms with E-state index in [2.05, 4.69) is 20.8 Å². The molecule has 0 aliphatic rings. The topological polar surface area (TPSA) is 74.6 Å². The van der Waals surface area contributed by atoms with Gasteiger partial charge < -0.3 is 0 Å². The Balaban J connectivity index is 4.32. The van der Waals surface area contributed by atoms with E-state index in [-0.39, 0.29) is 12.6 Å². The van der Waals surface area contributed by atoms with Crippen LogP contribution in [-0.2, 0) is 9.36 Å². The average molecular weight is 325 g/mol. The van der Waals surface area contributed by atoms with E-state index >= 15 is 0 Å². The first-order chi connectivity index (χ1) is 7.81. The van der Waals surface area contributed by atoms with Gasteiger partial charge in [0, 0.05) is 0 Å². The zero-order chi connectivity index (χ0) is 13.5. The van der Waals surface area contributed by atoms with Crippen LogP contribution in [0.4, 0.5) is 0 Å². The van der Waals surface area contributed by atoms with Gasteiger partial charge in [0.15, 0.2) is 0 Å². The third kappa shape index (κ3) is 6.63. The Bertz CT molecular complexity index is 281. The molecular weight excluding hydrogens is 300 g/mol. The Morgan fingerprint density at radius 1 is 1.12 bits per heavy atom. The van der Waals surface area contributed by atoms with Gasteiger partial charge in [0.25, 0.3) is 0 Å². The number of carboxylic acid groups (broad SMARTS) is 1. The molecule has 2 N–H and O–H groups in total. The monoisotopic (exact) mass is 326 g/mol. The Morgan fingerprint density at radius 2 is 1.59 bits per heavy atom. The van der Waals surface area contributed by atoms with Gasteiger partial charge >= 0.3 is 106 Å². The summed E-state index contributed by atoms with van der Waals surface area (Å²) in [6.45, 7) is 6.56. The van der Waals surface area contributed by atoms with E-state index in [1.165, 1.54) is 15.8 Å². The molecule has 4 nitrogen and oxygen atoms in total. The van der Waals surface area contributed by atoms with Crippen LogP contribution < -0.4 is 0 Å². The van der Waals surface area contributed by atoms with Crippen molar-refractivity contribution in [2.45, 2.75) is 48.2 Å². The molecule has 0 aromatic carbocycles. The van der Waals surface area contributed by atoms with Crippen molar-refractivity contribution in [2.75, 3.05) is 12.3 Å². The van der Waals surface area contributed by atoms with E-state index in [0.29, 0.717) is 6.16 Å². The van der Waals surface area contributed by atoms with Crippen LogP contribution in [0.2, 0.25) is 21.0 Å². The van der Waals surface area contributed by atoms with Gasteiger partial charge in [-0.3, -0.25) is 0 Å². The number of aliphatic carboxylic acids is 1. The molecule has 0 saturated heterocycles. The Labute approximate surface area is 107 Å². The number of rotatable bonds is 9. The number of carboxylic acids is 1. The summed E-state index contributed by atoms with van der Waals surface area (Å²) in [5.41, 5.74) is 0. The normalized spacial score (nSPS) is 15.5. The molecule has 0 bridgehead atoms. The molecule has 102 valence electrons. The molecular formula is C11H25GeO4P. The quantitative estimate of drug-likeness (QED) is 0.504. The average Bonchev–Trinajstić information content (AvgIpc) is 2.29. The molecule has 0 aromatic rings. The summed E-state index contributed by atoms with van der Waals surface area (Å²) < 4.78 is 11.8. The number of hydrogen-bond donors (Lipinski definition) is 2. The third-order valence-corrected chi connectivity index (χ3v) is 18.8. The second kappa shape index (κ2) is 7.60. The Morgan fingerprint density at radius 3 is 1.94 bits per heavy atom. The second-order valence-corrected chi connectivity index (χ2v) is 19.1. The SMILES string of the molecule is C[CH2][Ge]([CH2]C)([CH2]C)[CH2]CP(=O)(O)CCC(=O)O. The first-order valence-electron chi connectivity index (χ1n) is 6.33. The van der Waals surface area contributed by atoms with Crippen molar-refractivity contribution in [1.29, 1.82) is 0 Å². The maximum absolute atomic E-state index is 11.8. The zero-order valence-corrected chi connectivity index (χ0v) is 14.1. The summed E-state index contributed by atoms with van der Waals surface area (Å²) in [7, 11) is -3.22. The van der Waals surface area contributed by atoms with Crippen molar-refractivity contribution in [2.24, 2.45) is 0 Å². The maximum atomic E-state index is 11.8. The first-order valence-corrected chi connectivity index (χ1v) is 14.3. The van der Waals surface area contributed by atoms with Crippen molar-refractivity contribution in [3.8, 4) is 0 Å². The number of hydrogen-bond acceptors (Lipinski definition) is 2. The fourth-order valence-electron chi connectivity index (χ4n) is 2.07. The minimum atomic E-state index is -3.22. The molecule has 6 heteroatoms. The van der Waals surface area contributed by atoms with Crippen LogP contribution in [0.15, 0.2) is 0 Å². The van der Waals surface area contributed by atoms with Gasteiger partial charge in [-0.1, -0.05) is 0 Å². The van der Waals surface area contributed by atoms with Crippen LogP contribution in [0.25, 0.3) is 0 Å². The van der Waals surface area contributed by atoms with E-state index < -0.39 is 26.6 Å². The van der Waals surface area contributed by atoms with E-state index in [9.17, 15) is 14.3 Å². The summed E-state index contributed by atoms with van der Waals surface area (Å²) in [6.07, 6.45) is 0.0613. The van der Waals surface area contributed by atoms with Crippen LogP contribution >= 0.6 is 7.37 Å². The molecule has 1 unspecified atom stereocenters. The standard InChI is InChI=1S/C11H25GeO4P/c1-4-12(5-2,6-3)8-10-17(15,16)9-7-11(13)14/h4-10H2,1-3H3,(H,13,14)(H,15,16). The summed E-state index contributed by atoms with van der Waals surface area (Å²) in [6, 6.07) is 0. The molecule has 17 heavy (non-hydrogen) atoms. The van der Waals surface area contributed by atoms with Gasteiger partial charge in [0.1, 0.15) is 0 Å². The van der Waals surface area contributed by atoms with Crippen LogP contribution in [0, 0.1) is 0 Å². The minimum absolute atomic E-state index is 0.0716. The van der Waals surface area contributed by atoms with Gasteiger partial charge in [0.2, 0.25) is 0 Å².